The number of hydrogen-bond donors (Lipinski definition) is 4. The number of nitrogens with one attached hydrogen (secondary N) is 4. The molecule has 2 aromatic carbocycles. The molecule has 8 rings (SSSR count). The van der Waals surface area contributed by atoms with Gasteiger partial charge >= 0.3 is 0 Å². The highest BCUT2D eigenvalue weighted by atomic mass is 32.2. The summed E-state index contributed by atoms with van der Waals surface area (Å²) in [6.45, 7) is 6.52. The Kier molecular flexibility index (Phi) is 14.1. The van der Waals surface area contributed by atoms with Gasteiger partial charge in [-0.2, -0.15) is 23.5 Å². The van der Waals surface area contributed by atoms with Gasteiger partial charge in [0.2, 0.25) is 0 Å². The first-order valence-corrected chi connectivity index (χ1v) is 21.2. The van der Waals surface area contributed by atoms with Crippen molar-refractivity contribution < 1.29 is 36.5 Å². The molecule has 6 heterocycles. The molecule has 18 heteroatoms. The number of fused-ring (bicyclic) bond motifs is 2. The molecule has 4 fully saturated rings. The molecular weight excluding hydrogens is 777 g/mol. The van der Waals surface area contributed by atoms with E-state index in [4.69, 9.17) is 18.9 Å². The van der Waals surface area contributed by atoms with Gasteiger partial charge in [0.15, 0.2) is 23.3 Å². The van der Waals surface area contributed by atoms with Crippen LogP contribution in [0.4, 0.5) is 28.9 Å². The van der Waals surface area contributed by atoms with Gasteiger partial charge in [-0.3, -0.25) is 9.59 Å². The van der Waals surface area contributed by atoms with Gasteiger partial charge in [-0.25, -0.2) is 27.5 Å². The van der Waals surface area contributed by atoms with Crippen molar-refractivity contribution in [1.29, 1.82) is 0 Å². The Hall–Kier alpha value is -3.42. The van der Waals surface area contributed by atoms with Crippen LogP contribution in [-0.2, 0) is 30.5 Å². The number of rotatable bonds is 12. The highest BCUT2D eigenvalue weighted by Gasteiger charge is 2.23. The lowest BCUT2D eigenvalue weighted by Gasteiger charge is -2.21. The molecule has 4 N–H and O–H groups in total. The molecule has 4 aliphatic rings. The summed E-state index contributed by atoms with van der Waals surface area (Å²) >= 11 is 3.39. The van der Waals surface area contributed by atoms with Crippen LogP contribution in [0, 0.1) is 35.1 Å². The summed E-state index contributed by atoms with van der Waals surface area (Å²) in [4.78, 5) is 38.6. The number of halogens is 4. The van der Waals surface area contributed by atoms with Crippen molar-refractivity contribution in [3.8, 4) is 0 Å². The van der Waals surface area contributed by atoms with Crippen LogP contribution in [0.25, 0.3) is 21.8 Å². The zero-order chi connectivity index (χ0) is 39.0. The van der Waals surface area contributed by atoms with E-state index in [1.165, 1.54) is 12.1 Å². The van der Waals surface area contributed by atoms with E-state index in [1.807, 2.05) is 0 Å². The SMILES string of the molecule is O=c1[nH]c(CSC2CCOCC2)nc2cc(NC[C@@H]3CCOC3)c(F)c(F)c12.O=c1[nH]c(CSC2CCOCC2)nc2cc(NC[C@H]3CCOC3)c(F)c(F)c12. The van der Waals surface area contributed by atoms with Crippen molar-refractivity contribution in [2.24, 2.45) is 11.8 Å². The van der Waals surface area contributed by atoms with Crippen LogP contribution in [0.3, 0.4) is 0 Å². The second-order valence-corrected chi connectivity index (χ2v) is 17.0. The number of H-pyrrole nitrogens is 2. The van der Waals surface area contributed by atoms with Gasteiger partial charge in [-0.15, -0.1) is 0 Å². The molecule has 4 aliphatic heterocycles. The molecule has 2 aromatic heterocycles. The lowest BCUT2D eigenvalue weighted by atomic mass is 10.1. The molecule has 2 atom stereocenters. The fraction of sp³-hybridized carbons (Fsp3) is 0.579. The van der Waals surface area contributed by atoms with Crippen LogP contribution in [0.1, 0.15) is 50.2 Å². The average Bonchev–Trinajstić information content (AvgIpc) is 3.94. The summed E-state index contributed by atoms with van der Waals surface area (Å²) in [5, 5.41) is 6.11. The monoisotopic (exact) mass is 822 g/mol. The quantitative estimate of drug-likeness (QED) is 0.122. The van der Waals surface area contributed by atoms with Crippen LogP contribution < -0.4 is 21.8 Å². The van der Waals surface area contributed by atoms with Crippen LogP contribution in [-0.4, -0.2) is 96.4 Å². The van der Waals surface area contributed by atoms with Crippen LogP contribution in [0.15, 0.2) is 21.7 Å². The first-order valence-electron chi connectivity index (χ1n) is 19.1. The van der Waals surface area contributed by atoms with Gasteiger partial charge in [-0.05, 0) is 50.7 Å². The van der Waals surface area contributed by atoms with E-state index >= 15 is 0 Å². The third kappa shape index (κ3) is 10.2. The van der Waals surface area contributed by atoms with Crippen molar-refractivity contribution in [1.82, 2.24) is 19.9 Å². The lowest BCUT2D eigenvalue weighted by molar-refractivity contribution is 0.0999. The maximum Gasteiger partial charge on any atom is 0.261 e. The molecule has 0 bridgehead atoms. The minimum atomic E-state index is -1.17. The summed E-state index contributed by atoms with van der Waals surface area (Å²) < 4.78 is 79.1. The predicted octanol–water partition coefficient (Wildman–Crippen LogP) is 6.12. The third-order valence-corrected chi connectivity index (χ3v) is 13.1. The van der Waals surface area contributed by atoms with Gasteiger partial charge in [0.05, 0.1) is 47.1 Å². The van der Waals surface area contributed by atoms with E-state index in [1.54, 1.807) is 23.5 Å². The van der Waals surface area contributed by atoms with E-state index in [0.29, 0.717) is 73.2 Å². The van der Waals surface area contributed by atoms with Crippen molar-refractivity contribution in [2.45, 2.75) is 60.5 Å². The Labute approximate surface area is 329 Å². The summed E-state index contributed by atoms with van der Waals surface area (Å²) in [6, 6.07) is 2.84. The topological polar surface area (TPSA) is 152 Å². The number of aromatic amines is 2. The number of ether oxygens (including phenoxy) is 4. The molecule has 12 nitrogen and oxygen atoms in total. The second kappa shape index (κ2) is 19.4. The van der Waals surface area contributed by atoms with Gasteiger partial charge < -0.3 is 39.5 Å². The smallest absolute Gasteiger partial charge is 0.261 e. The predicted molar refractivity (Wildman–Crippen MR) is 210 cm³/mol. The summed E-state index contributed by atoms with van der Waals surface area (Å²) in [7, 11) is 0. The van der Waals surface area contributed by atoms with Gasteiger partial charge in [-0.1, -0.05) is 0 Å². The first kappa shape index (κ1) is 40.8. The van der Waals surface area contributed by atoms with E-state index in [0.717, 1.165) is 65.0 Å². The number of thioether (sulfide) groups is 2. The minimum Gasteiger partial charge on any atom is -0.382 e. The van der Waals surface area contributed by atoms with Crippen LogP contribution in [0.2, 0.25) is 0 Å². The number of hydrogen-bond acceptors (Lipinski definition) is 12. The maximum atomic E-state index is 14.5. The average molecular weight is 823 g/mol. The van der Waals surface area contributed by atoms with Crippen molar-refractivity contribution in [2.75, 3.05) is 76.6 Å². The van der Waals surface area contributed by atoms with Crippen molar-refractivity contribution in [3.05, 3.63) is 67.8 Å². The fourth-order valence-corrected chi connectivity index (χ4v) is 9.15. The first-order chi connectivity index (χ1) is 27.2. The molecule has 0 aliphatic carbocycles. The van der Waals surface area contributed by atoms with E-state index < -0.39 is 34.4 Å². The zero-order valence-electron chi connectivity index (χ0n) is 30.9. The van der Waals surface area contributed by atoms with Gasteiger partial charge in [0.1, 0.15) is 22.4 Å². The Morgan fingerprint density at radius 1 is 0.589 bits per heavy atom. The molecule has 0 saturated carbocycles. The lowest BCUT2D eigenvalue weighted by Crippen LogP contribution is -2.19. The molecule has 4 aromatic rings. The second-order valence-electron chi connectivity index (χ2n) is 14.4. The normalized spacial score (nSPS) is 20.7. The number of benzene rings is 2. The fourth-order valence-electron chi connectivity index (χ4n) is 7.04. The van der Waals surface area contributed by atoms with E-state index in [2.05, 4.69) is 30.6 Å². The van der Waals surface area contributed by atoms with Crippen molar-refractivity contribution in [3.63, 3.8) is 0 Å². The third-order valence-electron chi connectivity index (χ3n) is 10.3. The summed E-state index contributed by atoms with van der Waals surface area (Å²) in [6.07, 6.45) is 5.61. The molecule has 0 spiro atoms. The Morgan fingerprint density at radius 3 is 1.36 bits per heavy atom. The highest BCUT2D eigenvalue weighted by molar-refractivity contribution is 7.99. The Morgan fingerprint density at radius 2 is 0.982 bits per heavy atom. The van der Waals surface area contributed by atoms with Crippen LogP contribution in [0.5, 0.6) is 0 Å². The molecule has 0 amide bonds. The molecular formula is C38H46F4N6O6S2. The largest absolute Gasteiger partial charge is 0.382 e. The molecule has 0 unspecified atom stereocenters. The summed E-state index contributed by atoms with van der Waals surface area (Å²) in [5.74, 6) is -1.96. The molecule has 4 saturated heterocycles. The summed E-state index contributed by atoms with van der Waals surface area (Å²) in [5.41, 5.74) is -0.929. The molecule has 304 valence electrons. The standard InChI is InChI=1S/2C19H23F2N3O3S/c2*20-17-14(22-8-11-1-4-27-9-11)7-13-16(18(17)21)19(25)24-15(23-13)10-28-12-2-5-26-6-3-12/h2*7,11-12,22H,1-6,8-10H2,(H,23,24,25)/t2*11-/m10/s1. The minimum absolute atomic E-state index is 0.0260. The van der Waals surface area contributed by atoms with Gasteiger partial charge in [0, 0.05) is 75.1 Å². The Balaban J connectivity index is 0.000000172. The van der Waals surface area contributed by atoms with Crippen LogP contribution >= 0.6 is 23.5 Å². The number of nitrogens with zero attached hydrogens (tertiary/aromatic N) is 2. The van der Waals surface area contributed by atoms with Crippen molar-refractivity contribution >= 4 is 56.7 Å². The van der Waals surface area contributed by atoms with E-state index in [9.17, 15) is 27.2 Å². The molecule has 0 radical (unpaired) electrons. The van der Waals surface area contributed by atoms with E-state index in [-0.39, 0.29) is 45.0 Å². The van der Waals surface area contributed by atoms with Gasteiger partial charge in [0.25, 0.3) is 11.1 Å². The molecule has 56 heavy (non-hydrogen) atoms. The number of anilines is 2. The zero-order valence-corrected chi connectivity index (χ0v) is 32.5. The highest BCUT2D eigenvalue weighted by Crippen LogP contribution is 2.29. The Bertz CT molecular complexity index is 1940. The maximum absolute atomic E-state index is 14.5. The number of aromatic nitrogens is 4.